The van der Waals surface area contributed by atoms with Crippen LogP contribution in [0.15, 0.2) is 0 Å². The van der Waals surface area contributed by atoms with E-state index in [0.29, 0.717) is 25.7 Å². The van der Waals surface area contributed by atoms with Crippen LogP contribution in [-0.2, 0) is 65.4 Å². The van der Waals surface area contributed by atoms with E-state index < -0.39 is 97.5 Å². The van der Waals surface area contributed by atoms with Crippen LogP contribution < -0.4 is 0 Å². The number of aliphatic hydroxyl groups excluding tert-OH is 1. The van der Waals surface area contributed by atoms with E-state index >= 15 is 0 Å². The quantitative estimate of drug-likeness (QED) is 0.0222. The number of esters is 4. The Bertz CT molecular complexity index is 2050. The van der Waals surface area contributed by atoms with Gasteiger partial charge in [0, 0.05) is 25.7 Å². The van der Waals surface area contributed by atoms with Crippen LogP contribution in [0.4, 0.5) is 0 Å². The average Bonchev–Trinajstić information content (AvgIpc) is 0.901. The van der Waals surface area contributed by atoms with Gasteiger partial charge in [-0.15, -0.1) is 0 Å². The lowest BCUT2D eigenvalue weighted by Crippen LogP contribution is -2.30. The summed E-state index contributed by atoms with van der Waals surface area (Å²) >= 11 is 0. The smallest absolute Gasteiger partial charge is 0.462 e. The molecule has 3 N–H and O–H groups in total. The zero-order valence-electron chi connectivity index (χ0n) is 70.5. The van der Waals surface area contributed by atoms with Crippen LogP contribution in [0.5, 0.6) is 0 Å². The lowest BCUT2D eigenvalue weighted by Gasteiger charge is -2.21. The summed E-state index contributed by atoms with van der Waals surface area (Å²) < 4.78 is 68.7. The van der Waals surface area contributed by atoms with Gasteiger partial charge in [-0.2, -0.15) is 0 Å². The summed E-state index contributed by atoms with van der Waals surface area (Å²) in [7, 11) is -9.92. The fourth-order valence-corrected chi connectivity index (χ4v) is 15.3. The lowest BCUT2D eigenvalue weighted by molar-refractivity contribution is -0.161. The standard InChI is InChI=1S/C88H172O17P2/c1-7-11-13-15-16-17-18-19-20-21-22-23-24-25-29-32-38-43-48-53-59-65-71-86(91)99-77-84(105-88(93)73-67-60-54-49-44-39-33-30-27-26-28-31-36-41-46-51-57-62-68-80(5)9-3)79-103-107(96,97)101-75-82(89)74-100-106(94,95)102-78-83(76-98-85(90)70-64-56-14-12-8-2)104-87(92)72-66-61-55-50-45-40-35-34-37-42-47-52-58-63-69-81(6)10-4/h80-84,89H,7-79H2,1-6H3,(H,94,95)(H,96,97)/t80?,81?,82-,83+,84+/m0/s1. The highest BCUT2D eigenvalue weighted by atomic mass is 31.2. The molecule has 0 spiro atoms. The van der Waals surface area contributed by atoms with Gasteiger partial charge in [0.1, 0.15) is 19.3 Å². The minimum Gasteiger partial charge on any atom is -0.462 e. The number of carbonyl (C=O) groups excluding carboxylic acids is 4. The van der Waals surface area contributed by atoms with Gasteiger partial charge in [-0.05, 0) is 37.5 Å². The predicted molar refractivity (Wildman–Crippen MR) is 442 cm³/mol. The van der Waals surface area contributed by atoms with Gasteiger partial charge in [-0.25, -0.2) is 9.13 Å². The van der Waals surface area contributed by atoms with E-state index in [1.807, 2.05) is 0 Å². The van der Waals surface area contributed by atoms with Gasteiger partial charge in [0.05, 0.1) is 26.4 Å². The van der Waals surface area contributed by atoms with E-state index in [1.54, 1.807) is 0 Å². The molecule has 0 aromatic rings. The summed E-state index contributed by atoms with van der Waals surface area (Å²) in [4.78, 5) is 73.0. The molecule has 7 atom stereocenters. The molecule has 0 aliphatic heterocycles. The van der Waals surface area contributed by atoms with Crippen LogP contribution >= 0.6 is 15.6 Å². The second kappa shape index (κ2) is 79.3. The summed E-state index contributed by atoms with van der Waals surface area (Å²) in [5, 5.41) is 10.6. The molecule has 0 aliphatic rings. The molecule has 0 radical (unpaired) electrons. The molecule has 17 nitrogen and oxygen atoms in total. The molecule has 0 aromatic carbocycles. The number of unbranched alkanes of at least 4 members (excludes halogenated alkanes) is 55. The Morgan fingerprint density at radius 2 is 0.449 bits per heavy atom. The molecular weight excluding hydrogens is 1390 g/mol. The van der Waals surface area contributed by atoms with Crippen molar-refractivity contribution in [3.05, 3.63) is 0 Å². The van der Waals surface area contributed by atoms with Gasteiger partial charge >= 0.3 is 39.5 Å². The zero-order valence-corrected chi connectivity index (χ0v) is 72.2. The second-order valence-electron chi connectivity index (χ2n) is 32.1. The van der Waals surface area contributed by atoms with Crippen LogP contribution in [-0.4, -0.2) is 96.7 Å². The average molecular weight is 1560 g/mol. The Balaban J connectivity index is 5.09. The topological polar surface area (TPSA) is 237 Å². The van der Waals surface area contributed by atoms with E-state index in [4.69, 9.17) is 37.0 Å². The summed E-state index contributed by atoms with van der Waals surface area (Å²) in [5.41, 5.74) is 0. The van der Waals surface area contributed by atoms with Crippen LogP contribution in [0.3, 0.4) is 0 Å². The number of phosphoric acid groups is 2. The van der Waals surface area contributed by atoms with Crippen molar-refractivity contribution in [1.82, 2.24) is 0 Å². The highest BCUT2D eigenvalue weighted by Gasteiger charge is 2.31. The monoisotopic (exact) mass is 1560 g/mol. The van der Waals surface area contributed by atoms with Crippen LogP contribution in [0.2, 0.25) is 0 Å². The highest BCUT2D eigenvalue weighted by Crippen LogP contribution is 2.45. The van der Waals surface area contributed by atoms with E-state index in [0.717, 1.165) is 108 Å². The van der Waals surface area contributed by atoms with Crippen molar-refractivity contribution in [3.8, 4) is 0 Å². The predicted octanol–water partition coefficient (Wildman–Crippen LogP) is 27.0. The molecule has 0 saturated carbocycles. The number of aliphatic hydroxyl groups is 1. The third kappa shape index (κ3) is 79.1. The van der Waals surface area contributed by atoms with Crippen molar-refractivity contribution < 1.29 is 80.2 Å². The normalized spacial score (nSPS) is 14.3. The van der Waals surface area contributed by atoms with E-state index in [-0.39, 0.29) is 25.7 Å². The van der Waals surface area contributed by atoms with Crippen LogP contribution in [0.25, 0.3) is 0 Å². The van der Waals surface area contributed by atoms with Crippen LogP contribution in [0, 0.1) is 11.8 Å². The maximum absolute atomic E-state index is 13.1. The zero-order chi connectivity index (χ0) is 78.5. The maximum atomic E-state index is 13.1. The Hall–Kier alpha value is -1.94. The maximum Gasteiger partial charge on any atom is 0.472 e. The molecule has 4 unspecified atom stereocenters. The molecule has 0 rings (SSSR count). The molecule has 0 amide bonds. The molecule has 107 heavy (non-hydrogen) atoms. The Labute approximate surface area is 658 Å². The third-order valence-electron chi connectivity index (χ3n) is 21.4. The lowest BCUT2D eigenvalue weighted by atomic mass is 9.99. The first kappa shape index (κ1) is 105. The van der Waals surface area contributed by atoms with Gasteiger partial charge in [0.25, 0.3) is 0 Å². The molecule has 0 aliphatic carbocycles. The Morgan fingerprint density at radius 1 is 0.262 bits per heavy atom. The molecule has 0 fully saturated rings. The van der Waals surface area contributed by atoms with Crippen molar-refractivity contribution in [3.63, 3.8) is 0 Å². The summed E-state index contributed by atoms with van der Waals surface area (Å²) in [6.07, 6.45) is 72.8. The van der Waals surface area contributed by atoms with Crippen molar-refractivity contribution in [2.24, 2.45) is 11.8 Å². The third-order valence-corrected chi connectivity index (χ3v) is 23.3. The molecule has 0 heterocycles. The van der Waals surface area contributed by atoms with Gasteiger partial charge in [0.15, 0.2) is 12.2 Å². The number of hydrogen-bond donors (Lipinski definition) is 3. The van der Waals surface area contributed by atoms with Crippen molar-refractivity contribution in [2.75, 3.05) is 39.6 Å². The number of rotatable bonds is 87. The van der Waals surface area contributed by atoms with Gasteiger partial charge in [-0.1, -0.05) is 420 Å². The Morgan fingerprint density at radius 3 is 0.664 bits per heavy atom. The molecule has 0 bridgehead atoms. The van der Waals surface area contributed by atoms with Gasteiger partial charge in [-0.3, -0.25) is 37.3 Å². The van der Waals surface area contributed by atoms with Crippen molar-refractivity contribution >= 4 is 39.5 Å². The van der Waals surface area contributed by atoms with E-state index in [1.165, 1.54) is 283 Å². The molecular formula is C88H172O17P2. The van der Waals surface area contributed by atoms with Crippen molar-refractivity contribution in [1.29, 1.82) is 0 Å². The minimum atomic E-state index is -4.96. The molecule has 0 saturated heterocycles. The second-order valence-corrected chi connectivity index (χ2v) is 35.0. The first-order valence-corrected chi connectivity index (χ1v) is 48.6. The summed E-state index contributed by atoms with van der Waals surface area (Å²) in [6, 6.07) is 0. The Kier molecular flexibility index (Phi) is 77.9. The van der Waals surface area contributed by atoms with Gasteiger partial charge < -0.3 is 33.8 Å². The summed E-state index contributed by atoms with van der Waals surface area (Å²) in [5.74, 6) is -0.396. The number of phosphoric ester groups is 2. The van der Waals surface area contributed by atoms with Gasteiger partial charge in [0.2, 0.25) is 0 Å². The largest absolute Gasteiger partial charge is 0.472 e. The SMILES string of the molecule is CCCCCCCCCCCCCCCCCCCCCCCCC(=O)OC[C@H](COP(=O)(O)OC[C@@H](O)COP(=O)(O)OC[C@@H](COC(=O)CCCCCCC)OC(=O)CCCCCCCCCCCCCCCCC(C)CC)OC(=O)CCCCCCCCCCCCCCCCCCCCC(C)CC. The summed E-state index contributed by atoms with van der Waals surface area (Å²) in [6.45, 7) is 9.70. The first-order valence-electron chi connectivity index (χ1n) is 45.6. The fraction of sp³-hybridized carbons (Fsp3) is 0.955. The number of carbonyl (C=O) groups is 4. The first-order chi connectivity index (χ1) is 51.9. The molecule has 636 valence electrons. The van der Waals surface area contributed by atoms with E-state index in [2.05, 4.69) is 41.5 Å². The number of ether oxygens (including phenoxy) is 4. The van der Waals surface area contributed by atoms with Crippen molar-refractivity contribution in [2.45, 2.75) is 490 Å². The minimum absolute atomic E-state index is 0.107. The van der Waals surface area contributed by atoms with Crippen LogP contribution in [0.1, 0.15) is 472 Å². The number of hydrogen-bond acceptors (Lipinski definition) is 15. The fourth-order valence-electron chi connectivity index (χ4n) is 13.7. The molecule has 0 aromatic heterocycles. The highest BCUT2D eigenvalue weighted by molar-refractivity contribution is 7.47. The molecule has 19 heteroatoms. The van der Waals surface area contributed by atoms with E-state index in [9.17, 15) is 43.2 Å².